The highest BCUT2D eigenvalue weighted by molar-refractivity contribution is 5.65. The summed E-state index contributed by atoms with van der Waals surface area (Å²) in [5, 5.41) is 0. The molecule has 1 unspecified atom stereocenters. The van der Waals surface area contributed by atoms with Gasteiger partial charge in [-0.3, -0.25) is 0 Å². The summed E-state index contributed by atoms with van der Waals surface area (Å²) >= 11 is 0. The van der Waals surface area contributed by atoms with Gasteiger partial charge in [0.1, 0.15) is 0 Å². The largest absolute Gasteiger partial charge is 0.416 e. The molecule has 0 heterocycles. The predicted molar refractivity (Wildman–Crippen MR) is 74.2 cm³/mol. The number of alkyl halides is 3. The van der Waals surface area contributed by atoms with Gasteiger partial charge < -0.3 is 5.73 Å². The number of rotatable bonds is 3. The van der Waals surface area contributed by atoms with Gasteiger partial charge in [0, 0.05) is 6.04 Å². The monoisotopic (exact) mass is 279 g/mol. The zero-order chi connectivity index (χ0) is 14.8. The van der Waals surface area contributed by atoms with Crippen LogP contribution in [0.4, 0.5) is 13.2 Å². The fourth-order valence-corrected chi connectivity index (χ4v) is 2.12. The molecular formula is C16H16F3N. The van der Waals surface area contributed by atoms with Crippen LogP contribution in [-0.4, -0.2) is 6.04 Å². The fraction of sp³-hybridized carbons (Fsp3) is 0.250. The third kappa shape index (κ3) is 3.61. The van der Waals surface area contributed by atoms with E-state index in [9.17, 15) is 13.2 Å². The molecule has 0 aromatic heterocycles. The summed E-state index contributed by atoms with van der Waals surface area (Å²) in [6, 6.07) is 12.8. The molecule has 0 saturated heterocycles. The van der Waals surface area contributed by atoms with Gasteiger partial charge in [-0.2, -0.15) is 13.2 Å². The highest BCUT2D eigenvalue weighted by Gasteiger charge is 2.30. The quantitative estimate of drug-likeness (QED) is 0.892. The Balaban J connectivity index is 2.36. The van der Waals surface area contributed by atoms with Gasteiger partial charge in [-0.1, -0.05) is 36.4 Å². The molecule has 0 radical (unpaired) electrons. The molecule has 106 valence electrons. The van der Waals surface area contributed by atoms with E-state index < -0.39 is 11.7 Å². The van der Waals surface area contributed by atoms with E-state index in [4.69, 9.17) is 5.73 Å². The van der Waals surface area contributed by atoms with Crippen LogP contribution in [0.3, 0.4) is 0 Å². The number of halogens is 3. The van der Waals surface area contributed by atoms with Gasteiger partial charge in [0.25, 0.3) is 0 Å². The van der Waals surface area contributed by atoms with Crippen LogP contribution in [0.1, 0.15) is 18.1 Å². The lowest BCUT2D eigenvalue weighted by Crippen LogP contribution is -2.17. The second-order valence-corrected chi connectivity index (χ2v) is 4.96. The second-order valence-electron chi connectivity index (χ2n) is 4.96. The van der Waals surface area contributed by atoms with Crippen LogP contribution in [0.15, 0.2) is 48.5 Å². The van der Waals surface area contributed by atoms with E-state index in [1.807, 2.05) is 25.1 Å². The van der Waals surface area contributed by atoms with Crippen molar-refractivity contribution >= 4 is 0 Å². The summed E-state index contributed by atoms with van der Waals surface area (Å²) < 4.78 is 38.2. The van der Waals surface area contributed by atoms with Gasteiger partial charge in [-0.05, 0) is 42.2 Å². The van der Waals surface area contributed by atoms with Crippen molar-refractivity contribution < 1.29 is 13.2 Å². The van der Waals surface area contributed by atoms with E-state index in [0.717, 1.165) is 17.2 Å². The van der Waals surface area contributed by atoms with Crippen molar-refractivity contribution in [1.82, 2.24) is 0 Å². The molecular weight excluding hydrogens is 263 g/mol. The van der Waals surface area contributed by atoms with Crippen LogP contribution in [-0.2, 0) is 12.6 Å². The molecule has 2 aromatic rings. The highest BCUT2D eigenvalue weighted by Crippen LogP contribution is 2.32. The van der Waals surface area contributed by atoms with Gasteiger partial charge in [0.05, 0.1) is 5.56 Å². The maximum absolute atomic E-state index is 12.7. The van der Waals surface area contributed by atoms with Crippen molar-refractivity contribution in [2.45, 2.75) is 25.6 Å². The summed E-state index contributed by atoms with van der Waals surface area (Å²) in [6.45, 7) is 1.90. The molecule has 0 aliphatic carbocycles. The Morgan fingerprint density at radius 2 is 1.60 bits per heavy atom. The van der Waals surface area contributed by atoms with E-state index in [1.165, 1.54) is 12.1 Å². The molecule has 0 amide bonds. The van der Waals surface area contributed by atoms with Gasteiger partial charge in [-0.25, -0.2) is 0 Å². The van der Waals surface area contributed by atoms with Crippen LogP contribution in [0.5, 0.6) is 0 Å². The molecule has 20 heavy (non-hydrogen) atoms. The molecule has 0 bridgehead atoms. The smallest absolute Gasteiger partial charge is 0.328 e. The lowest BCUT2D eigenvalue weighted by atomic mass is 9.99. The van der Waals surface area contributed by atoms with Crippen molar-refractivity contribution in [3.63, 3.8) is 0 Å². The normalized spacial score (nSPS) is 13.2. The first kappa shape index (κ1) is 14.6. The third-order valence-electron chi connectivity index (χ3n) is 3.01. The molecule has 2 aromatic carbocycles. The molecule has 0 fully saturated rings. The summed E-state index contributed by atoms with van der Waals surface area (Å²) in [6.07, 6.45) is -3.62. The number of nitrogens with two attached hydrogens (primary N) is 1. The molecule has 1 nitrogen and oxygen atoms in total. The maximum atomic E-state index is 12.7. The van der Waals surface area contributed by atoms with Crippen LogP contribution in [0, 0.1) is 0 Å². The first-order chi connectivity index (χ1) is 9.36. The average Bonchev–Trinajstić information content (AvgIpc) is 2.37. The molecule has 4 heteroatoms. The van der Waals surface area contributed by atoms with Crippen LogP contribution in [0.2, 0.25) is 0 Å². The molecule has 1 atom stereocenters. The lowest BCUT2D eigenvalue weighted by Gasteiger charge is -2.10. The van der Waals surface area contributed by atoms with Gasteiger partial charge in [0.15, 0.2) is 0 Å². The minimum absolute atomic E-state index is 0.0201. The van der Waals surface area contributed by atoms with E-state index in [2.05, 4.69) is 0 Å². The molecule has 2 rings (SSSR count). The summed E-state index contributed by atoms with van der Waals surface area (Å²) in [5.41, 5.74) is 7.47. The van der Waals surface area contributed by atoms with Crippen molar-refractivity contribution in [2.24, 2.45) is 5.73 Å². The van der Waals surface area contributed by atoms with Crippen molar-refractivity contribution in [1.29, 1.82) is 0 Å². The number of hydrogen-bond donors (Lipinski definition) is 1. The van der Waals surface area contributed by atoms with Crippen molar-refractivity contribution in [3.05, 3.63) is 59.7 Å². The van der Waals surface area contributed by atoms with Gasteiger partial charge in [-0.15, -0.1) is 0 Å². The summed E-state index contributed by atoms with van der Waals surface area (Å²) in [7, 11) is 0. The molecule has 0 aliphatic rings. The van der Waals surface area contributed by atoms with E-state index in [0.29, 0.717) is 12.0 Å². The standard InChI is InChI=1S/C16H16F3N/c1-11(20)8-12-4-2-5-13(9-12)14-6-3-7-15(10-14)16(17,18)19/h2-7,9-11H,8,20H2,1H3. The Kier molecular flexibility index (Phi) is 4.14. The SMILES string of the molecule is CC(N)Cc1cccc(-c2cccc(C(F)(F)F)c2)c1. The van der Waals surface area contributed by atoms with Crippen molar-refractivity contribution in [2.75, 3.05) is 0 Å². The minimum Gasteiger partial charge on any atom is -0.328 e. The zero-order valence-electron chi connectivity index (χ0n) is 11.1. The van der Waals surface area contributed by atoms with Gasteiger partial charge in [0.2, 0.25) is 0 Å². The highest BCUT2D eigenvalue weighted by atomic mass is 19.4. The zero-order valence-corrected chi connectivity index (χ0v) is 11.1. The molecule has 2 N–H and O–H groups in total. The Labute approximate surface area is 116 Å². The predicted octanol–water partition coefficient (Wildman–Crippen LogP) is 4.26. The Hall–Kier alpha value is -1.81. The minimum atomic E-state index is -4.32. The number of benzene rings is 2. The average molecular weight is 279 g/mol. The fourth-order valence-electron chi connectivity index (χ4n) is 2.12. The summed E-state index contributed by atoms with van der Waals surface area (Å²) in [5.74, 6) is 0. The van der Waals surface area contributed by atoms with E-state index in [-0.39, 0.29) is 6.04 Å². The maximum Gasteiger partial charge on any atom is 0.416 e. The topological polar surface area (TPSA) is 26.0 Å². The molecule has 0 saturated carbocycles. The van der Waals surface area contributed by atoms with Crippen molar-refractivity contribution in [3.8, 4) is 11.1 Å². The Morgan fingerprint density at radius 3 is 2.20 bits per heavy atom. The molecule has 0 aliphatic heterocycles. The van der Waals surface area contributed by atoms with Crippen LogP contribution >= 0.6 is 0 Å². The second kappa shape index (κ2) is 5.67. The van der Waals surface area contributed by atoms with Crippen LogP contribution in [0.25, 0.3) is 11.1 Å². The third-order valence-corrected chi connectivity index (χ3v) is 3.01. The Bertz CT molecular complexity index is 588. The van der Waals surface area contributed by atoms with E-state index in [1.54, 1.807) is 12.1 Å². The van der Waals surface area contributed by atoms with Crippen LogP contribution < -0.4 is 5.73 Å². The first-order valence-electron chi connectivity index (χ1n) is 6.38. The number of hydrogen-bond acceptors (Lipinski definition) is 1. The van der Waals surface area contributed by atoms with Gasteiger partial charge >= 0.3 is 6.18 Å². The van der Waals surface area contributed by atoms with E-state index >= 15 is 0 Å². The Morgan fingerprint density at radius 1 is 1.00 bits per heavy atom. The lowest BCUT2D eigenvalue weighted by molar-refractivity contribution is -0.137. The molecule has 0 spiro atoms. The summed E-state index contributed by atoms with van der Waals surface area (Å²) in [4.78, 5) is 0. The first-order valence-corrected chi connectivity index (χ1v) is 6.38.